The van der Waals surface area contributed by atoms with E-state index in [1.165, 1.54) is 44.5 Å². The number of hydrogen-bond donors (Lipinski definition) is 2. The average molecular weight is 581 g/mol. The first-order valence-electron chi connectivity index (χ1n) is 13.6. The van der Waals surface area contributed by atoms with Crippen LogP contribution >= 0.6 is 20.3 Å². The van der Waals surface area contributed by atoms with E-state index in [1.54, 1.807) is 0 Å². The summed E-state index contributed by atoms with van der Waals surface area (Å²) in [6.07, 6.45) is 8.19. The van der Waals surface area contributed by atoms with Crippen LogP contribution in [0, 0.1) is 0 Å². The molecule has 0 fully saturated rings. The van der Waals surface area contributed by atoms with Gasteiger partial charge in [0.05, 0.1) is 0 Å². The van der Waals surface area contributed by atoms with Gasteiger partial charge in [-0.1, -0.05) is 65.8 Å². The van der Waals surface area contributed by atoms with Crippen LogP contribution in [-0.4, -0.2) is 25.2 Å². The molecule has 2 aromatic carbocycles. The number of rotatable bonds is 14. The van der Waals surface area contributed by atoms with Crippen molar-refractivity contribution in [1.29, 1.82) is 0 Å². The van der Waals surface area contributed by atoms with E-state index in [2.05, 4.69) is 65.8 Å². The van der Waals surface area contributed by atoms with Gasteiger partial charge in [0.15, 0.2) is 0 Å². The van der Waals surface area contributed by atoms with Gasteiger partial charge in [0.2, 0.25) is 0 Å². The summed E-state index contributed by atoms with van der Waals surface area (Å²) in [6, 6.07) is 9.57. The van der Waals surface area contributed by atoms with Crippen LogP contribution in [0.2, 0.25) is 0 Å². The summed E-state index contributed by atoms with van der Waals surface area (Å²) in [6.45, 7) is 14.8. The second-order valence-corrected chi connectivity index (χ2v) is 11.2. The topological polar surface area (TPSA) is 66.1 Å². The average Bonchev–Trinajstić information content (AvgIpc) is 2.88. The molecule has 0 radical (unpaired) electrons. The number of nitrogens with zero attached hydrogens (tertiary/aromatic N) is 1. The molecule has 2 rings (SSSR count). The van der Waals surface area contributed by atoms with Gasteiger partial charge in [-0.2, -0.15) is 0 Å². The zero-order valence-corrected chi connectivity index (χ0v) is 25.8. The molecule has 0 aliphatic carbocycles. The molecule has 0 spiro atoms. The molecule has 0 heterocycles. The van der Waals surface area contributed by atoms with Crippen LogP contribution in [0.3, 0.4) is 0 Å². The van der Waals surface area contributed by atoms with Crippen LogP contribution in [0.5, 0.6) is 0 Å². The van der Waals surface area contributed by atoms with Crippen molar-refractivity contribution in [2.24, 2.45) is 11.5 Å². The minimum absolute atomic E-state index is 0.0431. The summed E-state index contributed by atoms with van der Waals surface area (Å²) in [5.41, 5.74) is 24.7. The van der Waals surface area contributed by atoms with Crippen LogP contribution in [0.15, 0.2) is 24.3 Å². The van der Waals surface area contributed by atoms with Gasteiger partial charge in [0.25, 0.3) is 0 Å². The van der Waals surface area contributed by atoms with Gasteiger partial charge < -0.3 is 16.8 Å². The number of halogens is 2. The molecule has 206 valence electrons. The van der Waals surface area contributed by atoms with E-state index in [9.17, 15) is 0 Å². The molecule has 0 bridgehead atoms. The normalized spacial score (nSPS) is 12.8. The fourth-order valence-electron chi connectivity index (χ4n) is 4.99. The van der Waals surface area contributed by atoms with Gasteiger partial charge in [-0.3, -0.25) is 0 Å². The molecule has 0 saturated carbocycles. The van der Waals surface area contributed by atoms with Gasteiger partial charge in [-0.05, 0) is 108 Å². The first-order chi connectivity index (χ1) is 17.3. The quantitative estimate of drug-likeness (QED) is 0.247. The summed E-state index contributed by atoms with van der Waals surface area (Å²) in [4.78, 5) is 0. The van der Waals surface area contributed by atoms with E-state index in [0.717, 1.165) is 51.4 Å². The van der Waals surface area contributed by atoms with E-state index >= 15 is 0 Å². The van der Waals surface area contributed by atoms with Crippen molar-refractivity contribution in [3.05, 3.63) is 74.1 Å². The van der Waals surface area contributed by atoms with Crippen molar-refractivity contribution in [3.63, 3.8) is 0 Å². The number of benzene rings is 2. The van der Waals surface area contributed by atoms with Gasteiger partial charge >= 0.3 is 33.2 Å². The first kappa shape index (κ1) is 33.4. The Balaban J connectivity index is 0.00000205. The van der Waals surface area contributed by atoms with E-state index in [1.807, 2.05) is 0 Å². The Morgan fingerprint density at radius 2 is 0.889 bits per heavy atom. The van der Waals surface area contributed by atoms with Crippen molar-refractivity contribution in [1.82, 2.24) is 0 Å². The summed E-state index contributed by atoms with van der Waals surface area (Å²) in [5, 5.41) is 4.80. The summed E-state index contributed by atoms with van der Waals surface area (Å²) in [5.74, 6) is 0. The zero-order valence-electron chi connectivity index (χ0n) is 23.2. The van der Waals surface area contributed by atoms with E-state index < -0.39 is 0 Å². The van der Waals surface area contributed by atoms with Gasteiger partial charge in [-0.15, -0.1) is 13.1 Å². The Kier molecular flexibility index (Phi) is 17.3. The molecule has 2 aromatic rings. The molecule has 2 unspecified atom stereocenters. The Hall–Kier alpha value is -0.594. The fourth-order valence-corrected chi connectivity index (χ4v) is 4.99. The zero-order chi connectivity index (χ0) is 27.1. The maximum absolute atomic E-state index is 6.55. The second kappa shape index (κ2) is 18.6. The number of hydrogen-bond acceptors (Lipinski definition) is 2. The molecular weight excluding hydrogens is 532 g/mol. The third-order valence-corrected chi connectivity index (χ3v) is 6.99. The fraction of sp³-hybridized carbons (Fsp3) is 0.600. The van der Waals surface area contributed by atoms with Crippen molar-refractivity contribution in [2.75, 3.05) is 13.1 Å². The SMILES string of the molecule is CCc1cc(CC)c(CC(N)C[N-]CC(N)Cc2c(CC)cc(CC)cc2CC)c(CC)c1.[Cl][Co+][Cl]. The van der Waals surface area contributed by atoms with Crippen molar-refractivity contribution < 1.29 is 12.9 Å². The molecule has 0 aromatic heterocycles. The molecule has 0 aliphatic heterocycles. The van der Waals surface area contributed by atoms with Crippen LogP contribution < -0.4 is 11.5 Å². The molecule has 4 N–H and O–H groups in total. The van der Waals surface area contributed by atoms with Crippen molar-refractivity contribution in [2.45, 2.75) is 105 Å². The number of aryl methyl sites for hydroxylation is 6. The minimum atomic E-state index is 0.0431. The van der Waals surface area contributed by atoms with Gasteiger partial charge in [-0.25, -0.2) is 0 Å². The Bertz CT molecular complexity index is 782. The molecule has 0 amide bonds. The summed E-state index contributed by atoms with van der Waals surface area (Å²) < 4.78 is 0. The van der Waals surface area contributed by atoms with Gasteiger partial charge in [0.1, 0.15) is 0 Å². The van der Waals surface area contributed by atoms with Crippen LogP contribution in [0.25, 0.3) is 5.32 Å². The third kappa shape index (κ3) is 10.6. The molecule has 6 heteroatoms. The van der Waals surface area contributed by atoms with Crippen LogP contribution in [0.1, 0.15) is 86.1 Å². The molecule has 3 nitrogen and oxygen atoms in total. The van der Waals surface area contributed by atoms with E-state index in [4.69, 9.17) is 37.1 Å². The molecule has 0 aliphatic rings. The summed E-state index contributed by atoms with van der Waals surface area (Å²) in [7, 11) is 9.47. The van der Waals surface area contributed by atoms with Crippen LogP contribution in [-0.2, 0) is 64.3 Å². The second-order valence-electron chi connectivity index (χ2n) is 9.47. The standard InChI is InChI=1S/C30H48N3.2ClH.Co/c1-7-21-13-23(9-3)29(24(10-4)14-21)17-27(31)19-33-20-28(32)18-30-25(11-5)15-22(8-2)16-26(30)12-6;;;/h13-16,27-28H,7-12,17-20,31-32H2,1-6H3;2*1H;/q-1;;;+3/p-2. The monoisotopic (exact) mass is 579 g/mol. The van der Waals surface area contributed by atoms with Crippen molar-refractivity contribution >= 4 is 20.3 Å². The van der Waals surface area contributed by atoms with Gasteiger partial charge in [0, 0.05) is 0 Å². The third-order valence-electron chi connectivity index (χ3n) is 6.99. The van der Waals surface area contributed by atoms with Crippen LogP contribution in [0.4, 0.5) is 0 Å². The predicted octanol–water partition coefficient (Wildman–Crippen LogP) is 7.25. The number of nitrogens with two attached hydrogens (primary N) is 2. The van der Waals surface area contributed by atoms with E-state index in [-0.39, 0.29) is 12.1 Å². The molecule has 0 saturated heterocycles. The Morgan fingerprint density at radius 1 is 0.611 bits per heavy atom. The Morgan fingerprint density at radius 3 is 1.11 bits per heavy atom. The summed E-state index contributed by atoms with van der Waals surface area (Å²) >= 11 is 0.382. The molecule has 2 atom stereocenters. The first-order valence-corrected chi connectivity index (χ1v) is 16.4. The van der Waals surface area contributed by atoms with Crippen molar-refractivity contribution in [3.8, 4) is 0 Å². The van der Waals surface area contributed by atoms with E-state index in [0.29, 0.717) is 26.0 Å². The Labute approximate surface area is 236 Å². The maximum atomic E-state index is 6.55. The molecule has 36 heavy (non-hydrogen) atoms. The predicted molar refractivity (Wildman–Crippen MR) is 157 cm³/mol. The molecular formula is C30H48Cl2CoN3.